The van der Waals surface area contributed by atoms with Gasteiger partial charge < -0.3 is 19.5 Å². The number of hydrogen-bond acceptors (Lipinski definition) is 5. The number of ether oxygens (including phenoxy) is 1. The maximum absolute atomic E-state index is 14.0. The van der Waals surface area contributed by atoms with Crippen LogP contribution in [0.3, 0.4) is 0 Å². The van der Waals surface area contributed by atoms with Crippen LogP contribution in [-0.4, -0.2) is 18.2 Å². The second-order valence-corrected chi connectivity index (χ2v) is 14.9. The number of aromatic nitrogens is 1. The molecule has 7 nitrogen and oxygen atoms in total. The molecule has 0 saturated heterocycles. The highest BCUT2D eigenvalue weighted by Crippen LogP contribution is 2.42. The molecule has 1 aliphatic heterocycles. The van der Waals surface area contributed by atoms with E-state index in [2.05, 4.69) is 23.3 Å². The number of fused-ring (bicyclic) bond motifs is 2. The molecule has 0 radical (unpaired) electrons. The van der Waals surface area contributed by atoms with Crippen molar-refractivity contribution in [3.05, 3.63) is 94.1 Å². The van der Waals surface area contributed by atoms with Gasteiger partial charge in [-0.15, -0.1) is 0 Å². The minimum Gasteiger partial charge on any atom is -0.762 e. The second kappa shape index (κ2) is 21.9. The number of carbonyl (C=O) groups is 1. The minimum atomic E-state index is -0.232. The summed E-state index contributed by atoms with van der Waals surface area (Å²) < 4.78 is 14.7. The van der Waals surface area contributed by atoms with E-state index in [1.807, 2.05) is 60.5 Å². The summed E-state index contributed by atoms with van der Waals surface area (Å²) in [5.74, 6) is 3.64. The first kappa shape index (κ1) is 40.5. The van der Waals surface area contributed by atoms with Gasteiger partial charge in [0.05, 0.1) is 17.3 Å². The van der Waals surface area contributed by atoms with Crippen molar-refractivity contribution in [2.75, 3.05) is 11.4 Å². The Morgan fingerprint density at radius 2 is 1.33 bits per heavy atom. The highest BCUT2D eigenvalue weighted by Gasteiger charge is 2.38. The lowest BCUT2D eigenvalue weighted by Crippen LogP contribution is -2.36. The van der Waals surface area contributed by atoms with Crippen LogP contribution in [0.15, 0.2) is 87.2 Å². The van der Waals surface area contributed by atoms with Gasteiger partial charge in [-0.3, -0.25) is 4.79 Å². The van der Waals surface area contributed by atoms with Gasteiger partial charge in [0.2, 0.25) is 11.5 Å². The highest BCUT2D eigenvalue weighted by molar-refractivity contribution is 6.26. The Bertz CT molecular complexity index is 1880. The van der Waals surface area contributed by atoms with E-state index in [0.29, 0.717) is 28.5 Å². The Morgan fingerprint density at radius 1 is 0.759 bits per heavy atom. The average molecular weight is 729 g/mol. The number of carbonyl (C=O) groups excluding carboxylic acids is 1. The fraction of sp³-hybridized carbons (Fsp3) is 0.511. The van der Waals surface area contributed by atoms with Crippen LogP contribution in [0, 0.1) is 11.3 Å². The lowest BCUT2D eigenvalue weighted by Gasteiger charge is -2.24. The molecule has 1 aliphatic carbocycles. The monoisotopic (exact) mass is 728 g/mol. The van der Waals surface area contributed by atoms with E-state index < -0.39 is 0 Å². The lowest BCUT2D eigenvalue weighted by molar-refractivity contribution is -0.678. The maximum Gasteiger partial charge on any atom is 0.374 e. The van der Waals surface area contributed by atoms with Crippen LogP contribution in [0.2, 0.25) is 0 Å². The molecule has 0 unspecified atom stereocenters. The van der Waals surface area contributed by atoms with Crippen molar-refractivity contribution in [1.29, 1.82) is 5.26 Å². The van der Waals surface area contributed by atoms with E-state index in [1.165, 1.54) is 103 Å². The molecule has 7 heteroatoms. The number of allylic oxidation sites excluding steroid dienone is 5. The van der Waals surface area contributed by atoms with Gasteiger partial charge in [-0.25, -0.2) is 5.87 Å². The van der Waals surface area contributed by atoms with E-state index in [4.69, 9.17) is 9.15 Å². The van der Waals surface area contributed by atoms with Gasteiger partial charge in [0, 0.05) is 41.8 Å². The number of nitriles is 1. The number of rotatable bonds is 25. The van der Waals surface area contributed by atoms with Gasteiger partial charge in [0.1, 0.15) is 6.07 Å². The van der Waals surface area contributed by atoms with Gasteiger partial charge in [0.25, 0.3) is 5.52 Å². The fourth-order valence-electron chi connectivity index (χ4n) is 7.68. The fourth-order valence-corrected chi connectivity index (χ4v) is 7.68. The third kappa shape index (κ3) is 10.7. The maximum atomic E-state index is 14.0. The average Bonchev–Trinajstić information content (AvgIpc) is 3.73. The Balaban J connectivity index is 1.31. The van der Waals surface area contributed by atoms with Crippen molar-refractivity contribution in [1.82, 2.24) is 0 Å². The molecule has 0 N–H and O–H groups in total. The van der Waals surface area contributed by atoms with Crippen molar-refractivity contribution >= 4 is 34.5 Å². The van der Waals surface area contributed by atoms with Crippen molar-refractivity contribution < 1.29 is 18.5 Å². The number of aryl methyl sites for hydroxylation is 1. The van der Waals surface area contributed by atoms with Crippen LogP contribution in [0.25, 0.3) is 22.6 Å². The lowest BCUT2D eigenvalue weighted by atomic mass is 9.77. The third-order valence-electron chi connectivity index (χ3n) is 10.8. The van der Waals surface area contributed by atoms with E-state index in [9.17, 15) is 15.5 Å². The van der Waals surface area contributed by atoms with E-state index in [1.54, 1.807) is 12.2 Å². The summed E-state index contributed by atoms with van der Waals surface area (Å²) in [7, 11) is 0. The SMILES string of the molecule is CCCCCCCCCCCCN1/C(=C/C2=C(C(=C=[N-])C#N)C(=C/c3oc4ccccc4[n+]3CCCCCCCCCCCC)/C2=O)Oc2ccccc21. The number of ketones is 1. The van der Waals surface area contributed by atoms with E-state index in [0.717, 1.165) is 61.3 Å². The molecule has 1 aromatic heterocycles. The van der Waals surface area contributed by atoms with Gasteiger partial charge in [-0.1, -0.05) is 147 Å². The molecule has 2 aliphatic rings. The molecule has 2 aromatic carbocycles. The molecule has 0 amide bonds. The number of anilines is 1. The summed E-state index contributed by atoms with van der Waals surface area (Å²) in [6.07, 6.45) is 28.4. The highest BCUT2D eigenvalue weighted by atomic mass is 16.5. The molecule has 0 saturated carbocycles. The standard InChI is InChI=1S/C47H60N4O3/c1-3-5-7-9-11-13-15-17-19-25-31-50-40-27-21-23-29-42(40)53-44(50)33-38-46(37(35-48)36-49)39(47(38)52)34-45-51(41-28-22-24-30-43(41)54-45)32-26-20-18-16-14-12-10-8-6-4-2/h21-24,27-30,33-34H,3-20,25-26,31-32H2,1-2H3. The summed E-state index contributed by atoms with van der Waals surface area (Å²) in [5.41, 5.74) is 3.54. The van der Waals surface area contributed by atoms with Crippen LogP contribution in [0.4, 0.5) is 5.69 Å². The van der Waals surface area contributed by atoms with E-state index in [-0.39, 0.29) is 11.4 Å². The quantitative estimate of drug-likeness (QED) is 0.0285. The van der Waals surface area contributed by atoms with Crippen molar-refractivity contribution in [3.8, 4) is 11.8 Å². The molecule has 0 atom stereocenters. The number of benzene rings is 2. The predicted octanol–water partition coefficient (Wildman–Crippen LogP) is 12.3. The summed E-state index contributed by atoms with van der Waals surface area (Å²) in [5, 5.41) is 20.0. The molecular weight excluding hydrogens is 669 g/mol. The molecule has 0 bridgehead atoms. The van der Waals surface area contributed by atoms with Crippen molar-refractivity contribution in [2.45, 2.75) is 149 Å². The number of hydrogen-bond donors (Lipinski definition) is 0. The van der Waals surface area contributed by atoms with Crippen LogP contribution < -0.4 is 14.2 Å². The van der Waals surface area contributed by atoms with Gasteiger partial charge in [0.15, 0.2) is 18.1 Å². The normalized spacial score (nSPS) is 15.1. The molecule has 3 aromatic rings. The zero-order chi connectivity index (χ0) is 38.0. The van der Waals surface area contributed by atoms with Gasteiger partial charge in [-0.05, 0) is 31.0 Å². The van der Waals surface area contributed by atoms with Crippen LogP contribution in [-0.2, 0) is 11.3 Å². The van der Waals surface area contributed by atoms with Crippen molar-refractivity contribution in [2.24, 2.45) is 0 Å². The Hall–Kier alpha value is -4.66. The number of oxazole rings is 1. The van der Waals surface area contributed by atoms with E-state index >= 15 is 0 Å². The molecule has 54 heavy (non-hydrogen) atoms. The van der Waals surface area contributed by atoms with Gasteiger partial charge >= 0.3 is 5.89 Å². The first-order valence-electron chi connectivity index (χ1n) is 21.0. The topological polar surface area (TPSA) is 92.6 Å². The van der Waals surface area contributed by atoms with Crippen LogP contribution in [0.1, 0.15) is 148 Å². The predicted molar refractivity (Wildman–Crippen MR) is 220 cm³/mol. The van der Waals surface area contributed by atoms with Gasteiger partial charge in [-0.2, -0.15) is 9.83 Å². The Kier molecular flexibility index (Phi) is 16.4. The van der Waals surface area contributed by atoms with Crippen molar-refractivity contribution in [3.63, 3.8) is 0 Å². The molecule has 2 heterocycles. The smallest absolute Gasteiger partial charge is 0.374 e. The largest absolute Gasteiger partial charge is 0.762 e. The number of Topliss-reactive ketones (excluding diaryl/α,β-unsaturated/α-hetero) is 1. The number of unbranched alkanes of at least 4 members (excludes halogenated alkanes) is 18. The molecule has 0 spiro atoms. The summed E-state index contributed by atoms with van der Waals surface area (Å²) in [6.45, 7) is 6.02. The summed E-state index contributed by atoms with van der Waals surface area (Å²) >= 11 is 0. The first-order valence-corrected chi connectivity index (χ1v) is 21.0. The third-order valence-corrected chi connectivity index (χ3v) is 10.8. The van der Waals surface area contributed by atoms with Crippen LogP contribution in [0.5, 0.6) is 5.75 Å². The minimum absolute atomic E-state index is 0.0955. The first-order chi connectivity index (χ1) is 26.6. The molecule has 286 valence electrons. The molecular formula is C47H60N4O3. The Morgan fingerprint density at radius 3 is 1.96 bits per heavy atom. The zero-order valence-corrected chi connectivity index (χ0v) is 32.8. The molecule has 0 fully saturated rings. The zero-order valence-electron chi connectivity index (χ0n) is 32.8. The summed E-state index contributed by atoms with van der Waals surface area (Å²) in [6, 6.07) is 17.8. The number of para-hydroxylation sites is 4. The second-order valence-electron chi connectivity index (χ2n) is 14.9. The Labute approximate surface area is 323 Å². The number of nitrogens with zero attached hydrogens (tertiary/aromatic N) is 4. The van der Waals surface area contributed by atoms with Crippen LogP contribution >= 0.6 is 0 Å². The molecule has 5 rings (SSSR count). The summed E-state index contributed by atoms with van der Waals surface area (Å²) in [4.78, 5) is 16.1.